The van der Waals surface area contributed by atoms with E-state index in [2.05, 4.69) is 10.4 Å². The maximum Gasteiger partial charge on any atom is 0.326 e. The van der Waals surface area contributed by atoms with Crippen molar-refractivity contribution in [2.24, 2.45) is 0 Å². The zero-order valence-electron chi connectivity index (χ0n) is 15.8. The van der Waals surface area contributed by atoms with Gasteiger partial charge in [0.25, 0.3) is 11.6 Å². The van der Waals surface area contributed by atoms with Crippen LogP contribution in [0.1, 0.15) is 37.7 Å². The summed E-state index contributed by atoms with van der Waals surface area (Å²) >= 11 is 0. The number of ether oxygens (including phenoxy) is 1. The summed E-state index contributed by atoms with van der Waals surface area (Å²) in [5, 5.41) is 26.5. The summed E-state index contributed by atoms with van der Waals surface area (Å²) in [6.07, 6.45) is 1.62. The molecule has 1 atom stereocenters. The molecule has 0 saturated heterocycles. The fourth-order valence-corrected chi connectivity index (χ4v) is 2.29. The van der Waals surface area contributed by atoms with Gasteiger partial charge in [-0.1, -0.05) is 0 Å². The standard InChI is InChI=1S/C18H22N4O6/c1-18(2,3)28-11-9-15(17(24)25)19-16(23)14-8-10-21(20-14)12-4-6-13(7-5-12)22(26)27/h4-8,10,15H,9,11H2,1-3H3,(H,19,23)(H,24,25). The first-order valence-electron chi connectivity index (χ1n) is 8.55. The number of rotatable bonds is 8. The predicted molar refractivity (Wildman–Crippen MR) is 99.4 cm³/mol. The van der Waals surface area contributed by atoms with Crippen LogP contribution in [0.3, 0.4) is 0 Å². The van der Waals surface area contributed by atoms with Crippen LogP contribution in [0.15, 0.2) is 36.5 Å². The minimum absolute atomic E-state index is 0.0290. The Hall–Kier alpha value is -3.27. The fourth-order valence-electron chi connectivity index (χ4n) is 2.29. The Bertz CT molecular complexity index is 854. The highest BCUT2D eigenvalue weighted by Crippen LogP contribution is 2.15. The molecular weight excluding hydrogens is 368 g/mol. The fraction of sp³-hybridized carbons (Fsp3) is 0.389. The number of benzene rings is 1. The van der Waals surface area contributed by atoms with Gasteiger partial charge in [0.05, 0.1) is 16.2 Å². The second kappa shape index (κ2) is 8.61. The van der Waals surface area contributed by atoms with Crippen LogP contribution < -0.4 is 5.32 Å². The topological polar surface area (TPSA) is 137 Å². The van der Waals surface area contributed by atoms with Gasteiger partial charge in [-0.3, -0.25) is 14.9 Å². The summed E-state index contributed by atoms with van der Waals surface area (Å²) in [5.74, 6) is -1.80. The summed E-state index contributed by atoms with van der Waals surface area (Å²) in [4.78, 5) is 33.9. The number of nitro benzene ring substituents is 1. The lowest BCUT2D eigenvalue weighted by Gasteiger charge is -2.21. The summed E-state index contributed by atoms with van der Waals surface area (Å²) < 4.78 is 6.88. The van der Waals surface area contributed by atoms with E-state index in [-0.39, 0.29) is 24.4 Å². The Morgan fingerprint density at radius 1 is 1.29 bits per heavy atom. The van der Waals surface area contributed by atoms with Gasteiger partial charge in [0.2, 0.25) is 0 Å². The lowest BCUT2D eigenvalue weighted by molar-refractivity contribution is -0.384. The number of carboxylic acids is 1. The predicted octanol–water partition coefficient (Wildman–Crippen LogP) is 2.17. The number of hydrogen-bond acceptors (Lipinski definition) is 6. The smallest absolute Gasteiger partial charge is 0.326 e. The normalized spacial score (nSPS) is 12.4. The van der Waals surface area contributed by atoms with E-state index in [9.17, 15) is 24.8 Å². The first kappa shape index (κ1) is 21.0. The molecule has 28 heavy (non-hydrogen) atoms. The maximum absolute atomic E-state index is 12.3. The molecule has 1 aromatic heterocycles. The lowest BCUT2D eigenvalue weighted by Crippen LogP contribution is -2.42. The van der Waals surface area contributed by atoms with E-state index < -0.39 is 28.4 Å². The van der Waals surface area contributed by atoms with Crippen LogP contribution in [0, 0.1) is 10.1 Å². The minimum Gasteiger partial charge on any atom is -0.480 e. The highest BCUT2D eigenvalue weighted by molar-refractivity contribution is 5.94. The zero-order chi connectivity index (χ0) is 20.9. The number of amides is 1. The Kier molecular flexibility index (Phi) is 6.47. The van der Waals surface area contributed by atoms with Crippen molar-refractivity contribution in [3.05, 3.63) is 52.3 Å². The molecule has 0 aliphatic rings. The van der Waals surface area contributed by atoms with E-state index in [1.54, 1.807) is 0 Å². The number of carbonyl (C=O) groups excluding carboxylic acids is 1. The van der Waals surface area contributed by atoms with Gasteiger partial charge in [-0.05, 0) is 39.0 Å². The summed E-state index contributed by atoms with van der Waals surface area (Å²) in [6.45, 7) is 5.74. The average molecular weight is 390 g/mol. The molecule has 0 fully saturated rings. The van der Waals surface area contributed by atoms with Crippen molar-refractivity contribution in [1.29, 1.82) is 0 Å². The molecule has 2 N–H and O–H groups in total. The Morgan fingerprint density at radius 3 is 2.46 bits per heavy atom. The monoisotopic (exact) mass is 390 g/mol. The molecule has 0 saturated carbocycles. The molecule has 10 heteroatoms. The molecule has 1 amide bonds. The van der Waals surface area contributed by atoms with Crippen molar-refractivity contribution in [2.45, 2.75) is 38.8 Å². The van der Waals surface area contributed by atoms with E-state index in [4.69, 9.17) is 4.74 Å². The van der Waals surface area contributed by atoms with Gasteiger partial charge in [0, 0.05) is 31.4 Å². The van der Waals surface area contributed by atoms with E-state index in [0.717, 1.165) is 0 Å². The van der Waals surface area contributed by atoms with Crippen molar-refractivity contribution in [3.8, 4) is 5.69 Å². The van der Waals surface area contributed by atoms with Gasteiger partial charge in [0.15, 0.2) is 5.69 Å². The third kappa shape index (κ3) is 5.88. The van der Waals surface area contributed by atoms with Crippen molar-refractivity contribution in [1.82, 2.24) is 15.1 Å². The van der Waals surface area contributed by atoms with Crippen molar-refractivity contribution < 1.29 is 24.4 Å². The minimum atomic E-state index is -1.17. The molecule has 0 spiro atoms. The maximum atomic E-state index is 12.3. The molecule has 150 valence electrons. The van der Waals surface area contributed by atoms with Gasteiger partial charge in [-0.25, -0.2) is 9.48 Å². The number of aromatic nitrogens is 2. The Labute approximate surface area is 161 Å². The molecule has 0 aliphatic carbocycles. The first-order valence-corrected chi connectivity index (χ1v) is 8.55. The van der Waals surface area contributed by atoms with Crippen LogP contribution in [-0.4, -0.2) is 49.9 Å². The molecule has 2 rings (SSSR count). The quantitative estimate of drug-likeness (QED) is 0.520. The van der Waals surface area contributed by atoms with Crippen LogP contribution in [0.2, 0.25) is 0 Å². The highest BCUT2D eigenvalue weighted by atomic mass is 16.6. The Balaban J connectivity index is 2.03. The molecule has 2 aromatic rings. The third-order valence-electron chi connectivity index (χ3n) is 3.69. The van der Waals surface area contributed by atoms with Gasteiger partial charge in [0.1, 0.15) is 6.04 Å². The average Bonchev–Trinajstić information content (AvgIpc) is 3.10. The molecule has 10 nitrogen and oxygen atoms in total. The molecule has 0 aliphatic heterocycles. The second-order valence-corrected chi connectivity index (χ2v) is 7.03. The van der Waals surface area contributed by atoms with Crippen LogP contribution >= 0.6 is 0 Å². The number of nitro groups is 1. The van der Waals surface area contributed by atoms with Gasteiger partial charge >= 0.3 is 5.97 Å². The molecule has 1 heterocycles. The Morgan fingerprint density at radius 2 is 1.93 bits per heavy atom. The molecule has 1 unspecified atom stereocenters. The zero-order valence-corrected chi connectivity index (χ0v) is 15.8. The summed E-state index contributed by atoms with van der Waals surface area (Å²) in [5.41, 5.74) is 0.0892. The van der Waals surface area contributed by atoms with E-state index >= 15 is 0 Å². The van der Waals surface area contributed by atoms with E-state index in [1.165, 1.54) is 41.2 Å². The van der Waals surface area contributed by atoms with Gasteiger partial charge in [-0.15, -0.1) is 0 Å². The van der Waals surface area contributed by atoms with Crippen LogP contribution in [0.4, 0.5) is 5.69 Å². The molecule has 1 aromatic carbocycles. The van der Waals surface area contributed by atoms with Crippen molar-refractivity contribution in [3.63, 3.8) is 0 Å². The van der Waals surface area contributed by atoms with Crippen molar-refractivity contribution in [2.75, 3.05) is 6.61 Å². The SMILES string of the molecule is CC(C)(C)OCCC(NC(=O)c1ccn(-c2ccc([N+](=O)[O-])cc2)n1)C(=O)O. The number of nitrogens with one attached hydrogen (secondary N) is 1. The highest BCUT2D eigenvalue weighted by Gasteiger charge is 2.23. The molecular formula is C18H22N4O6. The van der Waals surface area contributed by atoms with Crippen LogP contribution in [-0.2, 0) is 9.53 Å². The van der Waals surface area contributed by atoms with Gasteiger partial charge < -0.3 is 15.2 Å². The number of non-ortho nitro benzene ring substituents is 1. The second-order valence-electron chi connectivity index (χ2n) is 7.03. The lowest BCUT2D eigenvalue weighted by atomic mass is 10.1. The third-order valence-corrected chi connectivity index (χ3v) is 3.69. The van der Waals surface area contributed by atoms with E-state index in [1.807, 2.05) is 20.8 Å². The number of aliphatic carboxylic acids is 1. The van der Waals surface area contributed by atoms with Crippen molar-refractivity contribution >= 4 is 17.6 Å². The molecule has 0 radical (unpaired) electrons. The van der Waals surface area contributed by atoms with Gasteiger partial charge in [-0.2, -0.15) is 5.10 Å². The number of carboxylic acid groups (broad SMARTS) is 1. The summed E-state index contributed by atoms with van der Waals surface area (Å²) in [7, 11) is 0. The number of hydrogen-bond donors (Lipinski definition) is 2. The van der Waals surface area contributed by atoms with Crippen LogP contribution in [0.5, 0.6) is 0 Å². The number of nitrogens with zero attached hydrogens (tertiary/aromatic N) is 3. The first-order chi connectivity index (χ1) is 13.1. The van der Waals surface area contributed by atoms with Crippen LogP contribution in [0.25, 0.3) is 5.69 Å². The number of carbonyl (C=O) groups is 2. The largest absolute Gasteiger partial charge is 0.480 e. The summed E-state index contributed by atoms with van der Waals surface area (Å²) in [6, 6.07) is 5.97. The molecule has 0 bridgehead atoms. The van der Waals surface area contributed by atoms with E-state index in [0.29, 0.717) is 5.69 Å².